The van der Waals surface area contributed by atoms with Gasteiger partial charge in [-0.05, 0) is 38.1 Å². The van der Waals surface area contributed by atoms with Gasteiger partial charge in [-0.15, -0.1) is 0 Å². The van der Waals surface area contributed by atoms with Crippen LogP contribution in [0, 0.1) is 0 Å². The lowest BCUT2D eigenvalue weighted by molar-refractivity contribution is -0.155. The Kier molecular flexibility index (Phi) is 7.34. The van der Waals surface area contributed by atoms with Crippen molar-refractivity contribution in [2.45, 2.75) is 30.9 Å². The van der Waals surface area contributed by atoms with Crippen LogP contribution in [0.3, 0.4) is 0 Å². The molecule has 0 aliphatic rings. The Morgan fingerprint density at radius 1 is 1.12 bits per heavy atom. The first-order valence-electron chi connectivity index (χ1n) is 6.94. The molecule has 0 aliphatic carbocycles. The second-order valence-electron chi connectivity index (χ2n) is 4.86. The third-order valence-electron chi connectivity index (χ3n) is 2.88. The van der Waals surface area contributed by atoms with Gasteiger partial charge in [-0.1, -0.05) is 11.6 Å². The topological polar surface area (TPSA) is 128 Å². The molecule has 0 saturated heterocycles. The van der Waals surface area contributed by atoms with Gasteiger partial charge in [0.05, 0.1) is 12.0 Å². The monoisotopic (exact) mass is 392 g/mol. The molecule has 25 heavy (non-hydrogen) atoms. The Balaban J connectivity index is 2.68. The van der Waals surface area contributed by atoms with Gasteiger partial charge in [0.1, 0.15) is 6.04 Å². The van der Waals surface area contributed by atoms with Crippen molar-refractivity contribution >= 4 is 39.6 Å². The molecule has 0 radical (unpaired) electrons. The molecule has 0 unspecified atom stereocenters. The Bertz CT molecular complexity index is 749. The molecular weight excluding hydrogens is 376 g/mol. The predicted octanol–water partition coefficient (Wildman–Crippen LogP) is 0.821. The zero-order chi connectivity index (χ0) is 19.2. The van der Waals surface area contributed by atoms with Gasteiger partial charge in [0, 0.05) is 5.02 Å². The highest BCUT2D eigenvalue weighted by Crippen LogP contribution is 2.14. The summed E-state index contributed by atoms with van der Waals surface area (Å²) in [5.74, 6) is -1.90. The van der Waals surface area contributed by atoms with Crippen molar-refractivity contribution < 1.29 is 32.3 Å². The molecule has 0 aliphatic heterocycles. The van der Waals surface area contributed by atoms with Crippen LogP contribution in [0.2, 0.25) is 5.02 Å². The molecule has 1 rings (SSSR count). The van der Waals surface area contributed by atoms with E-state index in [1.54, 1.807) is 0 Å². The number of hydrogen-bond acceptors (Lipinski definition) is 7. The van der Waals surface area contributed by atoms with E-state index >= 15 is 0 Å². The molecule has 0 aromatic heterocycles. The molecule has 0 heterocycles. The normalized spacial score (nSPS) is 13.4. The van der Waals surface area contributed by atoms with Crippen LogP contribution in [0.1, 0.15) is 13.8 Å². The number of methoxy groups -OCH3 is 1. The van der Waals surface area contributed by atoms with E-state index in [9.17, 15) is 22.8 Å². The van der Waals surface area contributed by atoms with Gasteiger partial charge < -0.3 is 9.47 Å². The van der Waals surface area contributed by atoms with Gasteiger partial charge >= 0.3 is 12.1 Å². The van der Waals surface area contributed by atoms with Crippen LogP contribution in [0.25, 0.3) is 0 Å². The van der Waals surface area contributed by atoms with E-state index in [2.05, 4.69) is 9.46 Å². The maximum atomic E-state index is 12.2. The van der Waals surface area contributed by atoms with Crippen LogP contribution in [0.4, 0.5) is 4.79 Å². The lowest BCUT2D eigenvalue weighted by Crippen LogP contribution is -2.44. The fourth-order valence-electron chi connectivity index (χ4n) is 1.55. The summed E-state index contributed by atoms with van der Waals surface area (Å²) in [4.78, 5) is 34.3. The number of imide groups is 1. The molecule has 0 spiro atoms. The highest BCUT2D eigenvalue weighted by Gasteiger charge is 2.27. The summed E-state index contributed by atoms with van der Waals surface area (Å²) < 4.78 is 35.5. The minimum absolute atomic E-state index is 0.0898. The average molecular weight is 393 g/mol. The van der Waals surface area contributed by atoms with E-state index < -0.39 is 40.1 Å². The number of nitrogens with one attached hydrogen (secondary N) is 2. The molecular formula is C14H17ClN2O7S. The zero-order valence-electron chi connectivity index (χ0n) is 13.6. The lowest BCUT2D eigenvalue weighted by atomic mass is 10.3. The standard InChI is InChI=1S/C14H17ClN2O7S/c1-8(13(19)24-9(2)12(18)16-14(20)23-3)17-25(21,22)11-6-4-10(15)5-7-11/h4-9,17H,1-3H3,(H,16,18,20)/t8-,9+/m0/s1. The second-order valence-corrected chi connectivity index (χ2v) is 7.01. The van der Waals surface area contributed by atoms with Crippen LogP contribution in [0.5, 0.6) is 0 Å². The number of carbonyl (C=O) groups excluding carboxylic acids is 3. The van der Waals surface area contributed by atoms with Crippen molar-refractivity contribution in [3.05, 3.63) is 29.3 Å². The summed E-state index contributed by atoms with van der Waals surface area (Å²) >= 11 is 5.69. The summed E-state index contributed by atoms with van der Waals surface area (Å²) in [5.41, 5.74) is 0. The van der Waals surface area contributed by atoms with E-state index in [1.807, 2.05) is 5.32 Å². The number of ether oxygens (including phenoxy) is 2. The largest absolute Gasteiger partial charge is 0.453 e. The van der Waals surface area contributed by atoms with E-state index in [0.29, 0.717) is 5.02 Å². The minimum Gasteiger partial charge on any atom is -0.453 e. The highest BCUT2D eigenvalue weighted by atomic mass is 35.5. The average Bonchev–Trinajstić information content (AvgIpc) is 2.54. The smallest absolute Gasteiger partial charge is 0.413 e. The Morgan fingerprint density at radius 2 is 1.68 bits per heavy atom. The molecule has 0 fully saturated rings. The van der Waals surface area contributed by atoms with Gasteiger partial charge in [-0.25, -0.2) is 13.2 Å². The van der Waals surface area contributed by atoms with Crippen molar-refractivity contribution in [2.24, 2.45) is 0 Å². The number of amides is 2. The van der Waals surface area contributed by atoms with Crippen molar-refractivity contribution in [1.82, 2.24) is 10.0 Å². The molecule has 9 nitrogen and oxygen atoms in total. The fourth-order valence-corrected chi connectivity index (χ4v) is 2.86. The summed E-state index contributed by atoms with van der Waals surface area (Å²) in [6.45, 7) is 2.47. The van der Waals surface area contributed by atoms with Crippen molar-refractivity contribution in [3.8, 4) is 0 Å². The number of sulfonamides is 1. The summed E-state index contributed by atoms with van der Waals surface area (Å²) in [5, 5.41) is 2.18. The summed E-state index contributed by atoms with van der Waals surface area (Å²) in [6, 6.07) is 4.05. The number of esters is 1. The molecule has 1 aromatic rings. The number of carbonyl (C=O) groups is 3. The van der Waals surface area contributed by atoms with Crippen LogP contribution in [-0.4, -0.2) is 45.6 Å². The molecule has 1 aromatic carbocycles. The molecule has 2 amide bonds. The third-order valence-corrected chi connectivity index (χ3v) is 4.69. The van der Waals surface area contributed by atoms with E-state index in [0.717, 1.165) is 7.11 Å². The molecule has 138 valence electrons. The fraction of sp³-hybridized carbons (Fsp3) is 0.357. The van der Waals surface area contributed by atoms with Crippen LogP contribution < -0.4 is 10.0 Å². The van der Waals surface area contributed by atoms with Gasteiger partial charge in [0.15, 0.2) is 6.10 Å². The maximum Gasteiger partial charge on any atom is 0.413 e. The van der Waals surface area contributed by atoms with Crippen LogP contribution in [0.15, 0.2) is 29.2 Å². The van der Waals surface area contributed by atoms with Gasteiger partial charge in [-0.2, -0.15) is 4.72 Å². The summed E-state index contributed by atoms with van der Waals surface area (Å²) in [7, 11) is -2.92. The maximum absolute atomic E-state index is 12.2. The summed E-state index contributed by atoms with van der Waals surface area (Å²) in [6.07, 6.45) is -2.33. The Hall–Kier alpha value is -2.17. The molecule has 0 bridgehead atoms. The van der Waals surface area contributed by atoms with Gasteiger partial charge in [0.2, 0.25) is 10.0 Å². The first-order valence-corrected chi connectivity index (χ1v) is 8.80. The Labute approximate surface area is 149 Å². The molecule has 0 saturated carbocycles. The number of hydrogen-bond donors (Lipinski definition) is 2. The predicted molar refractivity (Wildman–Crippen MR) is 87.3 cm³/mol. The van der Waals surface area contributed by atoms with Crippen LogP contribution in [-0.2, 0) is 29.1 Å². The quantitative estimate of drug-likeness (QED) is 0.686. The highest BCUT2D eigenvalue weighted by molar-refractivity contribution is 7.89. The SMILES string of the molecule is COC(=O)NC(=O)[C@@H](C)OC(=O)[C@H](C)NS(=O)(=O)c1ccc(Cl)cc1. The molecule has 2 atom stereocenters. The van der Waals surface area contributed by atoms with Crippen LogP contribution >= 0.6 is 11.6 Å². The Morgan fingerprint density at radius 3 is 2.20 bits per heavy atom. The van der Waals surface area contributed by atoms with Gasteiger partial charge in [-0.3, -0.25) is 14.9 Å². The van der Waals surface area contributed by atoms with E-state index in [-0.39, 0.29) is 4.90 Å². The minimum atomic E-state index is -3.98. The lowest BCUT2D eigenvalue weighted by Gasteiger charge is -2.17. The van der Waals surface area contributed by atoms with E-state index in [1.165, 1.54) is 38.1 Å². The number of rotatable bonds is 6. The van der Waals surface area contributed by atoms with Crippen molar-refractivity contribution in [2.75, 3.05) is 7.11 Å². The third kappa shape index (κ3) is 6.33. The number of benzene rings is 1. The second kappa shape index (κ2) is 8.79. The first kappa shape index (κ1) is 20.9. The van der Waals surface area contributed by atoms with Crippen molar-refractivity contribution in [1.29, 1.82) is 0 Å². The van der Waals surface area contributed by atoms with Gasteiger partial charge in [0.25, 0.3) is 5.91 Å². The molecule has 2 N–H and O–H groups in total. The number of alkyl carbamates (subject to hydrolysis) is 1. The number of halogens is 1. The zero-order valence-corrected chi connectivity index (χ0v) is 15.2. The van der Waals surface area contributed by atoms with E-state index in [4.69, 9.17) is 16.3 Å². The van der Waals surface area contributed by atoms with Crippen molar-refractivity contribution in [3.63, 3.8) is 0 Å². The first-order chi connectivity index (χ1) is 11.6. The molecule has 11 heteroatoms.